The third-order valence-corrected chi connectivity index (χ3v) is 3.36. The third kappa shape index (κ3) is 3.75. The highest BCUT2D eigenvalue weighted by molar-refractivity contribution is 5.67. The number of carbonyl (C=O) groups excluding carboxylic acids is 1. The summed E-state index contributed by atoms with van der Waals surface area (Å²) in [4.78, 5) is 13.3. The van der Waals surface area contributed by atoms with Gasteiger partial charge in [-0.2, -0.15) is 5.26 Å². The van der Waals surface area contributed by atoms with Crippen molar-refractivity contribution in [2.24, 2.45) is 0 Å². The maximum atomic E-state index is 11.6. The zero-order valence-corrected chi connectivity index (χ0v) is 11.6. The Morgan fingerprint density at radius 3 is 2.90 bits per heavy atom. The topological polar surface area (TPSA) is 78.5 Å². The number of nitrogens with one attached hydrogen (secondary N) is 1. The van der Waals surface area contributed by atoms with Crippen LogP contribution in [0.4, 0.5) is 4.79 Å². The second-order valence-corrected chi connectivity index (χ2v) is 4.72. The van der Waals surface area contributed by atoms with Gasteiger partial charge >= 0.3 is 6.09 Å². The lowest BCUT2D eigenvalue weighted by atomic mass is 10.1. The monoisotopic (exact) mass is 277 g/mol. The Kier molecular flexibility index (Phi) is 5.02. The molecule has 0 radical (unpaired) electrons. The molecule has 0 spiro atoms. The summed E-state index contributed by atoms with van der Waals surface area (Å²) < 4.78 is 10.3. The maximum Gasteiger partial charge on any atom is 0.409 e. The van der Waals surface area contributed by atoms with Gasteiger partial charge < -0.3 is 19.4 Å². The summed E-state index contributed by atoms with van der Waals surface area (Å²) in [5.74, 6) is 1.09. The summed E-state index contributed by atoms with van der Waals surface area (Å²) >= 11 is 0. The molecule has 0 aliphatic carbocycles. The first kappa shape index (κ1) is 14.4. The van der Waals surface area contributed by atoms with E-state index in [0.29, 0.717) is 38.0 Å². The Labute approximate surface area is 118 Å². The number of amides is 1. The van der Waals surface area contributed by atoms with Crippen molar-refractivity contribution in [2.45, 2.75) is 32.4 Å². The van der Waals surface area contributed by atoms with E-state index in [1.807, 2.05) is 13.0 Å². The van der Waals surface area contributed by atoms with Crippen LogP contribution >= 0.6 is 0 Å². The summed E-state index contributed by atoms with van der Waals surface area (Å²) in [6.45, 7) is 4.24. The fourth-order valence-corrected chi connectivity index (χ4v) is 2.26. The number of rotatable bonds is 4. The lowest BCUT2D eigenvalue weighted by molar-refractivity contribution is 0.0948. The van der Waals surface area contributed by atoms with E-state index >= 15 is 0 Å². The lowest BCUT2D eigenvalue weighted by Crippen LogP contribution is -2.44. The molecule has 1 amide bonds. The van der Waals surface area contributed by atoms with Gasteiger partial charge in [0.2, 0.25) is 5.76 Å². The average Bonchev–Trinajstić information content (AvgIpc) is 2.94. The van der Waals surface area contributed by atoms with Crippen molar-refractivity contribution in [3.63, 3.8) is 0 Å². The molecular weight excluding hydrogens is 258 g/mol. The van der Waals surface area contributed by atoms with Crippen molar-refractivity contribution < 1.29 is 13.9 Å². The molecule has 2 heterocycles. The van der Waals surface area contributed by atoms with Crippen LogP contribution in [-0.2, 0) is 11.3 Å². The SMILES string of the molecule is CCOC(=O)N1CCC(NCc2ccc(C#N)o2)CC1. The van der Waals surface area contributed by atoms with Crippen LogP contribution in [0.25, 0.3) is 0 Å². The van der Waals surface area contributed by atoms with Crippen molar-refractivity contribution in [3.05, 3.63) is 23.7 Å². The van der Waals surface area contributed by atoms with Crippen molar-refractivity contribution in [1.29, 1.82) is 5.26 Å². The number of piperidine rings is 1. The Balaban J connectivity index is 1.72. The molecule has 1 fully saturated rings. The van der Waals surface area contributed by atoms with Crippen LogP contribution in [-0.4, -0.2) is 36.7 Å². The number of carbonyl (C=O) groups is 1. The first-order valence-electron chi connectivity index (χ1n) is 6.86. The standard InChI is InChI=1S/C14H19N3O3/c1-2-19-14(18)17-7-5-11(6-8-17)16-10-13-4-3-12(9-15)20-13/h3-4,11,16H,2,5-8,10H2,1H3. The van der Waals surface area contributed by atoms with E-state index < -0.39 is 0 Å². The van der Waals surface area contributed by atoms with E-state index in [1.165, 1.54) is 0 Å². The van der Waals surface area contributed by atoms with Gasteiger partial charge in [-0.15, -0.1) is 0 Å². The zero-order valence-electron chi connectivity index (χ0n) is 11.6. The van der Waals surface area contributed by atoms with Gasteiger partial charge in [-0.3, -0.25) is 0 Å². The number of hydrogen-bond donors (Lipinski definition) is 1. The van der Waals surface area contributed by atoms with Crippen LogP contribution in [0.5, 0.6) is 0 Å². The van der Waals surface area contributed by atoms with Gasteiger partial charge in [0.1, 0.15) is 11.8 Å². The molecule has 0 atom stereocenters. The quantitative estimate of drug-likeness (QED) is 0.908. The molecule has 1 N–H and O–H groups in total. The third-order valence-electron chi connectivity index (χ3n) is 3.36. The van der Waals surface area contributed by atoms with Crippen LogP contribution in [0.1, 0.15) is 31.3 Å². The van der Waals surface area contributed by atoms with E-state index in [4.69, 9.17) is 14.4 Å². The minimum absolute atomic E-state index is 0.226. The molecule has 0 bridgehead atoms. The Bertz CT molecular complexity index is 484. The fraction of sp³-hybridized carbons (Fsp3) is 0.571. The molecule has 6 heteroatoms. The molecular formula is C14H19N3O3. The van der Waals surface area contributed by atoms with Gasteiger partial charge in [-0.05, 0) is 31.9 Å². The summed E-state index contributed by atoms with van der Waals surface area (Å²) in [5, 5.41) is 12.1. The molecule has 1 saturated heterocycles. The van der Waals surface area contributed by atoms with Gasteiger partial charge in [0.05, 0.1) is 13.2 Å². The number of nitriles is 1. The van der Waals surface area contributed by atoms with E-state index in [9.17, 15) is 4.79 Å². The van der Waals surface area contributed by atoms with Crippen molar-refractivity contribution in [2.75, 3.05) is 19.7 Å². The minimum Gasteiger partial charge on any atom is -0.450 e. The molecule has 1 aliphatic heterocycles. The average molecular weight is 277 g/mol. The van der Waals surface area contributed by atoms with Gasteiger partial charge in [-0.25, -0.2) is 4.79 Å². The van der Waals surface area contributed by atoms with E-state index in [0.717, 1.165) is 18.6 Å². The molecule has 0 saturated carbocycles. The predicted octanol–water partition coefficient (Wildman–Crippen LogP) is 1.86. The van der Waals surface area contributed by atoms with E-state index in [2.05, 4.69) is 5.32 Å². The van der Waals surface area contributed by atoms with Crippen molar-refractivity contribution >= 4 is 6.09 Å². The molecule has 108 valence electrons. The van der Waals surface area contributed by atoms with Crippen LogP contribution in [0.2, 0.25) is 0 Å². The lowest BCUT2D eigenvalue weighted by Gasteiger charge is -2.31. The zero-order chi connectivity index (χ0) is 14.4. The molecule has 1 aromatic heterocycles. The first-order chi connectivity index (χ1) is 9.72. The van der Waals surface area contributed by atoms with Crippen LogP contribution < -0.4 is 5.32 Å². The normalized spacial score (nSPS) is 15.9. The summed E-state index contributed by atoms with van der Waals surface area (Å²) in [7, 11) is 0. The molecule has 1 aliphatic rings. The largest absolute Gasteiger partial charge is 0.450 e. The molecule has 0 unspecified atom stereocenters. The van der Waals surface area contributed by atoms with Gasteiger partial charge in [0, 0.05) is 19.1 Å². The van der Waals surface area contributed by atoms with E-state index in [1.54, 1.807) is 17.0 Å². The number of furan rings is 1. The molecule has 20 heavy (non-hydrogen) atoms. The van der Waals surface area contributed by atoms with Crippen LogP contribution in [0.3, 0.4) is 0 Å². The highest BCUT2D eigenvalue weighted by Gasteiger charge is 2.23. The smallest absolute Gasteiger partial charge is 0.409 e. The van der Waals surface area contributed by atoms with Crippen molar-refractivity contribution in [3.8, 4) is 6.07 Å². The number of nitrogens with zero attached hydrogens (tertiary/aromatic N) is 2. The molecule has 1 aromatic rings. The Morgan fingerprint density at radius 1 is 1.55 bits per heavy atom. The molecule has 2 rings (SSSR count). The van der Waals surface area contributed by atoms with Crippen LogP contribution in [0, 0.1) is 11.3 Å². The fourth-order valence-electron chi connectivity index (χ4n) is 2.26. The number of likely N-dealkylation sites (tertiary alicyclic amines) is 1. The summed E-state index contributed by atoms with van der Waals surface area (Å²) in [6, 6.07) is 5.79. The second kappa shape index (κ2) is 6.96. The maximum absolute atomic E-state index is 11.6. The number of hydrogen-bond acceptors (Lipinski definition) is 5. The highest BCUT2D eigenvalue weighted by atomic mass is 16.6. The minimum atomic E-state index is -0.226. The summed E-state index contributed by atoms with van der Waals surface area (Å²) in [6.07, 6.45) is 1.56. The Morgan fingerprint density at radius 2 is 2.30 bits per heavy atom. The van der Waals surface area contributed by atoms with Crippen molar-refractivity contribution in [1.82, 2.24) is 10.2 Å². The first-order valence-corrected chi connectivity index (χ1v) is 6.86. The summed E-state index contributed by atoms with van der Waals surface area (Å²) in [5.41, 5.74) is 0. The molecule has 0 aromatic carbocycles. The van der Waals surface area contributed by atoms with Gasteiger partial charge in [0.25, 0.3) is 0 Å². The second-order valence-electron chi connectivity index (χ2n) is 4.72. The van der Waals surface area contributed by atoms with Gasteiger partial charge in [-0.1, -0.05) is 0 Å². The van der Waals surface area contributed by atoms with E-state index in [-0.39, 0.29) is 6.09 Å². The highest BCUT2D eigenvalue weighted by Crippen LogP contribution is 2.13. The van der Waals surface area contributed by atoms with Gasteiger partial charge in [0.15, 0.2) is 0 Å². The van der Waals surface area contributed by atoms with Crippen LogP contribution in [0.15, 0.2) is 16.5 Å². The number of ether oxygens (including phenoxy) is 1. The molecule has 6 nitrogen and oxygen atoms in total. The predicted molar refractivity (Wildman–Crippen MR) is 71.9 cm³/mol. The Hall–Kier alpha value is -2.00.